The molecule has 0 atom stereocenters. The van der Waals surface area contributed by atoms with E-state index in [1.54, 1.807) is 0 Å². The smallest absolute Gasteiger partial charge is 0.0720 e. The third kappa shape index (κ3) is 5.33. The van der Waals surface area contributed by atoms with Gasteiger partial charge < -0.3 is 10.1 Å². The first-order valence-electron chi connectivity index (χ1n) is 7.78. The van der Waals surface area contributed by atoms with Gasteiger partial charge in [-0.1, -0.05) is 44.0 Å². The van der Waals surface area contributed by atoms with E-state index in [0.29, 0.717) is 6.10 Å². The third-order valence-corrected chi connectivity index (χ3v) is 3.83. The molecule has 0 heterocycles. The van der Waals surface area contributed by atoms with E-state index in [2.05, 4.69) is 36.5 Å². The lowest BCUT2D eigenvalue weighted by Gasteiger charge is -2.11. The summed E-state index contributed by atoms with van der Waals surface area (Å²) in [5.74, 6) is 0. The zero-order valence-electron chi connectivity index (χ0n) is 12.2. The molecule has 1 fully saturated rings. The van der Waals surface area contributed by atoms with Crippen LogP contribution in [0.3, 0.4) is 0 Å². The van der Waals surface area contributed by atoms with Gasteiger partial charge >= 0.3 is 0 Å². The van der Waals surface area contributed by atoms with Crippen LogP contribution in [0.5, 0.6) is 0 Å². The molecule has 2 nitrogen and oxygen atoms in total. The van der Waals surface area contributed by atoms with E-state index in [4.69, 9.17) is 4.74 Å². The largest absolute Gasteiger partial charge is 0.374 e. The van der Waals surface area contributed by atoms with Gasteiger partial charge in [0.15, 0.2) is 0 Å². The van der Waals surface area contributed by atoms with Gasteiger partial charge in [-0.2, -0.15) is 0 Å². The van der Waals surface area contributed by atoms with Crippen LogP contribution in [-0.4, -0.2) is 19.2 Å². The summed E-state index contributed by atoms with van der Waals surface area (Å²) in [6.45, 7) is 5.17. The Kier molecular flexibility index (Phi) is 6.38. The maximum absolute atomic E-state index is 5.93. The molecule has 0 aliphatic heterocycles. The minimum Gasteiger partial charge on any atom is -0.374 e. The predicted molar refractivity (Wildman–Crippen MR) is 80.4 cm³/mol. The van der Waals surface area contributed by atoms with Crippen LogP contribution in [0, 0.1) is 0 Å². The summed E-state index contributed by atoms with van der Waals surface area (Å²) >= 11 is 0. The van der Waals surface area contributed by atoms with E-state index in [0.717, 1.165) is 26.1 Å². The van der Waals surface area contributed by atoms with Crippen LogP contribution in [0.15, 0.2) is 24.3 Å². The Morgan fingerprint density at radius 2 is 1.74 bits per heavy atom. The fourth-order valence-corrected chi connectivity index (χ4v) is 2.61. The highest BCUT2D eigenvalue weighted by Crippen LogP contribution is 2.22. The summed E-state index contributed by atoms with van der Waals surface area (Å²) in [5.41, 5.74) is 2.71. The average molecular weight is 261 g/mol. The minimum absolute atomic E-state index is 0.512. The summed E-state index contributed by atoms with van der Waals surface area (Å²) in [7, 11) is 0. The first-order valence-corrected chi connectivity index (χ1v) is 7.78. The molecule has 19 heavy (non-hydrogen) atoms. The summed E-state index contributed by atoms with van der Waals surface area (Å²) in [4.78, 5) is 0. The maximum Gasteiger partial charge on any atom is 0.0720 e. The van der Waals surface area contributed by atoms with E-state index in [1.165, 1.54) is 43.2 Å². The van der Waals surface area contributed by atoms with E-state index in [-0.39, 0.29) is 0 Å². The molecular weight excluding hydrogens is 234 g/mol. The first kappa shape index (κ1) is 14.5. The fourth-order valence-electron chi connectivity index (χ4n) is 2.61. The Bertz CT molecular complexity index is 341. The predicted octanol–water partition coefficient (Wildman–Crippen LogP) is 3.69. The SMILES string of the molecule is CCCNCCc1ccc(COC2CCCC2)cc1. The van der Waals surface area contributed by atoms with Gasteiger partial charge in [-0.05, 0) is 49.9 Å². The lowest BCUT2D eigenvalue weighted by atomic mass is 10.1. The summed E-state index contributed by atoms with van der Waals surface area (Å²) in [6.07, 6.45) is 8.02. The lowest BCUT2D eigenvalue weighted by Crippen LogP contribution is -2.17. The van der Waals surface area contributed by atoms with Crippen LogP contribution in [-0.2, 0) is 17.8 Å². The first-order chi connectivity index (χ1) is 9.38. The van der Waals surface area contributed by atoms with Crippen LogP contribution in [0.2, 0.25) is 0 Å². The number of hydrogen-bond donors (Lipinski definition) is 1. The van der Waals surface area contributed by atoms with Gasteiger partial charge in [0.2, 0.25) is 0 Å². The Morgan fingerprint density at radius 3 is 2.42 bits per heavy atom. The van der Waals surface area contributed by atoms with Crippen molar-refractivity contribution in [2.75, 3.05) is 13.1 Å². The van der Waals surface area contributed by atoms with Gasteiger partial charge in [0.25, 0.3) is 0 Å². The molecule has 2 rings (SSSR count). The van der Waals surface area contributed by atoms with Crippen molar-refractivity contribution in [3.05, 3.63) is 35.4 Å². The summed E-state index contributed by atoms with van der Waals surface area (Å²) in [6, 6.07) is 8.90. The topological polar surface area (TPSA) is 21.3 Å². The second-order valence-corrected chi connectivity index (χ2v) is 5.53. The van der Waals surface area contributed by atoms with Crippen molar-refractivity contribution in [3.63, 3.8) is 0 Å². The number of hydrogen-bond acceptors (Lipinski definition) is 2. The van der Waals surface area contributed by atoms with Crippen LogP contribution >= 0.6 is 0 Å². The molecular formula is C17H27NO. The van der Waals surface area contributed by atoms with E-state index >= 15 is 0 Å². The van der Waals surface area contributed by atoms with Gasteiger partial charge in [-0.15, -0.1) is 0 Å². The molecule has 0 radical (unpaired) electrons. The zero-order chi connectivity index (χ0) is 13.3. The molecule has 1 aliphatic rings. The average Bonchev–Trinajstić information content (AvgIpc) is 2.96. The molecule has 1 aromatic carbocycles. The summed E-state index contributed by atoms with van der Waals surface area (Å²) < 4.78 is 5.93. The van der Waals surface area contributed by atoms with E-state index < -0.39 is 0 Å². The quantitative estimate of drug-likeness (QED) is 0.721. The Morgan fingerprint density at radius 1 is 1.05 bits per heavy atom. The molecule has 1 saturated carbocycles. The van der Waals surface area contributed by atoms with Crippen molar-refractivity contribution in [1.82, 2.24) is 5.32 Å². The van der Waals surface area contributed by atoms with Crippen molar-refractivity contribution >= 4 is 0 Å². The Labute approximate surface area is 117 Å². The standard InChI is InChI=1S/C17H27NO/c1-2-12-18-13-11-15-7-9-16(10-8-15)14-19-17-5-3-4-6-17/h7-10,17-18H,2-6,11-14H2,1H3. The Balaban J connectivity index is 1.68. The molecule has 1 N–H and O–H groups in total. The Hall–Kier alpha value is -0.860. The fraction of sp³-hybridized carbons (Fsp3) is 0.647. The molecule has 1 aromatic rings. The maximum atomic E-state index is 5.93. The van der Waals surface area contributed by atoms with E-state index in [9.17, 15) is 0 Å². The van der Waals surface area contributed by atoms with Crippen LogP contribution in [0.4, 0.5) is 0 Å². The zero-order valence-corrected chi connectivity index (χ0v) is 12.2. The van der Waals surface area contributed by atoms with Gasteiger partial charge in [0.1, 0.15) is 0 Å². The normalized spacial score (nSPS) is 16.1. The van der Waals surface area contributed by atoms with Crippen molar-refractivity contribution in [2.24, 2.45) is 0 Å². The van der Waals surface area contributed by atoms with Crippen molar-refractivity contribution in [3.8, 4) is 0 Å². The molecule has 106 valence electrons. The third-order valence-electron chi connectivity index (χ3n) is 3.83. The summed E-state index contributed by atoms with van der Waals surface area (Å²) in [5, 5.41) is 3.44. The lowest BCUT2D eigenvalue weighted by molar-refractivity contribution is 0.0457. The van der Waals surface area contributed by atoms with Crippen LogP contribution in [0.1, 0.15) is 50.2 Å². The minimum atomic E-state index is 0.512. The molecule has 2 heteroatoms. The van der Waals surface area contributed by atoms with Crippen LogP contribution < -0.4 is 5.32 Å². The highest BCUT2D eigenvalue weighted by molar-refractivity contribution is 5.22. The molecule has 0 spiro atoms. The van der Waals surface area contributed by atoms with Gasteiger partial charge in [-0.25, -0.2) is 0 Å². The molecule has 0 amide bonds. The molecule has 0 saturated heterocycles. The van der Waals surface area contributed by atoms with E-state index in [1.807, 2.05) is 0 Å². The van der Waals surface area contributed by atoms with Gasteiger partial charge in [-0.3, -0.25) is 0 Å². The van der Waals surface area contributed by atoms with Crippen molar-refractivity contribution in [1.29, 1.82) is 0 Å². The molecule has 0 aromatic heterocycles. The van der Waals surface area contributed by atoms with Crippen molar-refractivity contribution < 1.29 is 4.74 Å². The molecule has 1 aliphatic carbocycles. The monoisotopic (exact) mass is 261 g/mol. The van der Waals surface area contributed by atoms with Gasteiger partial charge in [0.05, 0.1) is 12.7 Å². The second-order valence-electron chi connectivity index (χ2n) is 5.53. The highest BCUT2D eigenvalue weighted by Gasteiger charge is 2.14. The number of nitrogens with one attached hydrogen (secondary N) is 1. The van der Waals surface area contributed by atoms with Gasteiger partial charge in [0, 0.05) is 0 Å². The van der Waals surface area contributed by atoms with Crippen molar-refractivity contribution in [2.45, 2.75) is 58.2 Å². The molecule has 0 unspecified atom stereocenters. The highest BCUT2D eigenvalue weighted by atomic mass is 16.5. The molecule has 0 bridgehead atoms. The van der Waals surface area contributed by atoms with Crippen LogP contribution in [0.25, 0.3) is 0 Å². The number of benzene rings is 1. The number of rotatable bonds is 8. The second kappa shape index (κ2) is 8.34. The number of ether oxygens (including phenoxy) is 1.